The molecule has 0 bridgehead atoms. The Bertz CT molecular complexity index is 739. The van der Waals surface area contributed by atoms with Gasteiger partial charge in [0.2, 0.25) is 0 Å². The number of aromatic nitrogens is 2. The second-order valence-electron chi connectivity index (χ2n) is 6.12. The number of carboxylic acid groups (broad SMARTS) is 1. The number of carbonyl (C=O) groups is 2. The minimum Gasteiger partial charge on any atom is -0.496 e. The van der Waals surface area contributed by atoms with E-state index in [2.05, 4.69) is 15.5 Å². The summed E-state index contributed by atoms with van der Waals surface area (Å²) >= 11 is 0. The molecule has 0 radical (unpaired) electrons. The molecule has 0 aliphatic carbocycles. The van der Waals surface area contributed by atoms with Crippen molar-refractivity contribution in [3.05, 3.63) is 47.3 Å². The number of carbonyl (C=O) groups excluding carboxylic acids is 1. The lowest BCUT2D eigenvalue weighted by Gasteiger charge is -2.15. The second kappa shape index (κ2) is 8.32. The molecule has 7 heteroatoms. The number of methoxy groups -OCH3 is 1. The van der Waals surface area contributed by atoms with Crippen molar-refractivity contribution in [1.29, 1.82) is 0 Å². The molecule has 25 heavy (non-hydrogen) atoms. The molecule has 1 aromatic heterocycles. The number of ether oxygens (including phenoxy) is 1. The van der Waals surface area contributed by atoms with Crippen molar-refractivity contribution in [3.8, 4) is 5.75 Å². The highest BCUT2D eigenvalue weighted by molar-refractivity contribution is 5.92. The normalized spacial score (nSPS) is 12.0. The number of para-hydroxylation sites is 1. The number of aliphatic carboxylic acids is 1. The van der Waals surface area contributed by atoms with E-state index < -0.39 is 17.8 Å². The smallest absolute Gasteiger partial charge is 0.308 e. The third kappa shape index (κ3) is 4.82. The number of amides is 1. The molecule has 0 saturated heterocycles. The van der Waals surface area contributed by atoms with Crippen molar-refractivity contribution in [2.24, 2.45) is 5.92 Å². The predicted octanol–water partition coefficient (Wildman–Crippen LogP) is 2.21. The van der Waals surface area contributed by atoms with E-state index in [1.54, 1.807) is 19.2 Å². The maximum absolute atomic E-state index is 12.2. The van der Waals surface area contributed by atoms with Gasteiger partial charge in [-0.2, -0.15) is 5.10 Å². The number of benzene rings is 1. The van der Waals surface area contributed by atoms with Gasteiger partial charge in [-0.25, -0.2) is 0 Å². The van der Waals surface area contributed by atoms with Crippen molar-refractivity contribution >= 4 is 11.9 Å². The number of aromatic amines is 1. The zero-order valence-corrected chi connectivity index (χ0v) is 14.6. The number of hydrogen-bond donors (Lipinski definition) is 3. The number of rotatable bonds is 8. The lowest BCUT2D eigenvalue weighted by atomic mass is 9.98. The van der Waals surface area contributed by atoms with E-state index in [4.69, 9.17) is 4.74 Å². The first kappa shape index (κ1) is 18.5. The Hall–Kier alpha value is -2.83. The number of hydrogen-bond acceptors (Lipinski definition) is 4. The molecule has 1 atom stereocenters. The van der Waals surface area contributed by atoms with Gasteiger partial charge in [-0.1, -0.05) is 32.0 Å². The van der Waals surface area contributed by atoms with Crippen LogP contribution < -0.4 is 10.1 Å². The summed E-state index contributed by atoms with van der Waals surface area (Å²) in [6, 6.07) is 8.93. The molecule has 0 aliphatic rings. The van der Waals surface area contributed by atoms with Crippen molar-refractivity contribution < 1.29 is 19.4 Å². The molecule has 0 saturated carbocycles. The Kier molecular flexibility index (Phi) is 6.16. The van der Waals surface area contributed by atoms with Crippen LogP contribution in [0.15, 0.2) is 30.3 Å². The van der Waals surface area contributed by atoms with E-state index in [9.17, 15) is 14.7 Å². The first-order valence-electron chi connectivity index (χ1n) is 8.10. The number of H-pyrrole nitrogens is 1. The van der Waals surface area contributed by atoms with Crippen LogP contribution >= 0.6 is 0 Å². The Morgan fingerprint density at radius 1 is 1.32 bits per heavy atom. The summed E-state index contributed by atoms with van der Waals surface area (Å²) in [6.07, 6.45) is 0.261. The topological polar surface area (TPSA) is 104 Å². The van der Waals surface area contributed by atoms with Crippen molar-refractivity contribution in [2.75, 3.05) is 13.7 Å². The first-order valence-corrected chi connectivity index (χ1v) is 8.10. The molecule has 2 rings (SSSR count). The zero-order valence-electron chi connectivity index (χ0n) is 14.6. The van der Waals surface area contributed by atoms with Gasteiger partial charge in [0, 0.05) is 12.2 Å². The predicted molar refractivity (Wildman–Crippen MR) is 92.8 cm³/mol. The molecule has 7 nitrogen and oxygen atoms in total. The van der Waals surface area contributed by atoms with Gasteiger partial charge in [-0.3, -0.25) is 14.7 Å². The average Bonchev–Trinajstić information content (AvgIpc) is 3.08. The highest BCUT2D eigenvalue weighted by Gasteiger charge is 2.21. The summed E-state index contributed by atoms with van der Waals surface area (Å²) in [6.45, 7) is 3.99. The molecule has 1 amide bonds. The highest BCUT2D eigenvalue weighted by atomic mass is 16.5. The summed E-state index contributed by atoms with van der Waals surface area (Å²) < 4.78 is 5.25. The van der Waals surface area contributed by atoms with E-state index in [1.807, 2.05) is 32.0 Å². The Morgan fingerprint density at radius 3 is 2.64 bits per heavy atom. The molecular formula is C18H23N3O4. The summed E-state index contributed by atoms with van der Waals surface area (Å²) in [7, 11) is 1.54. The Labute approximate surface area is 146 Å². The Morgan fingerprint density at radius 2 is 2.04 bits per heavy atom. The standard InChI is InChI=1S/C18H23N3O4/c1-11(2)14-9-15(21-20-14)17(22)19-10-13(18(23)24)8-12-6-4-5-7-16(12)25-3/h4-7,9,11,13H,8,10H2,1-3H3,(H,19,22)(H,20,21)(H,23,24). The van der Waals surface area contributed by atoms with Crippen LogP contribution in [0.2, 0.25) is 0 Å². The minimum atomic E-state index is -0.976. The molecule has 1 heterocycles. The van der Waals surface area contributed by atoms with Crippen molar-refractivity contribution in [2.45, 2.75) is 26.2 Å². The van der Waals surface area contributed by atoms with Crippen molar-refractivity contribution in [3.63, 3.8) is 0 Å². The summed E-state index contributed by atoms with van der Waals surface area (Å²) in [5, 5.41) is 18.9. The lowest BCUT2D eigenvalue weighted by Crippen LogP contribution is -2.34. The fourth-order valence-electron chi connectivity index (χ4n) is 2.44. The largest absolute Gasteiger partial charge is 0.496 e. The van der Waals surface area contributed by atoms with Crippen LogP contribution in [0.1, 0.15) is 41.5 Å². The number of nitrogens with zero attached hydrogens (tertiary/aromatic N) is 1. The van der Waals surface area contributed by atoms with Crippen LogP contribution in [0.5, 0.6) is 5.75 Å². The summed E-state index contributed by atoms with van der Waals surface area (Å²) in [4.78, 5) is 23.7. The van der Waals surface area contributed by atoms with Crippen LogP contribution in [0, 0.1) is 5.92 Å². The SMILES string of the molecule is COc1ccccc1CC(CNC(=O)c1cc(C(C)C)[nH]n1)C(=O)O. The van der Waals surface area contributed by atoms with Crippen LogP contribution in [0.4, 0.5) is 0 Å². The van der Waals surface area contributed by atoms with Crippen molar-refractivity contribution in [1.82, 2.24) is 15.5 Å². The quantitative estimate of drug-likeness (QED) is 0.680. The molecule has 1 aromatic carbocycles. The minimum absolute atomic E-state index is 0.0100. The van der Waals surface area contributed by atoms with Crippen LogP contribution in [0.3, 0.4) is 0 Å². The molecule has 2 aromatic rings. The van der Waals surface area contributed by atoms with Crippen LogP contribution in [-0.2, 0) is 11.2 Å². The van der Waals surface area contributed by atoms with Crippen LogP contribution in [-0.4, -0.2) is 40.8 Å². The molecule has 3 N–H and O–H groups in total. The molecule has 0 fully saturated rings. The first-order chi connectivity index (χ1) is 11.9. The second-order valence-corrected chi connectivity index (χ2v) is 6.12. The average molecular weight is 345 g/mol. The van der Waals surface area contributed by atoms with Gasteiger partial charge in [0.05, 0.1) is 13.0 Å². The van der Waals surface area contributed by atoms with Gasteiger partial charge in [0.25, 0.3) is 5.91 Å². The molecule has 1 unspecified atom stereocenters. The zero-order chi connectivity index (χ0) is 18.4. The van der Waals surface area contributed by atoms with Gasteiger partial charge in [-0.15, -0.1) is 0 Å². The lowest BCUT2D eigenvalue weighted by molar-refractivity contribution is -0.141. The third-order valence-corrected chi connectivity index (χ3v) is 3.97. The maximum atomic E-state index is 12.2. The van der Waals surface area contributed by atoms with Gasteiger partial charge in [0.15, 0.2) is 0 Å². The summed E-state index contributed by atoms with van der Waals surface area (Å²) in [5.74, 6) is -1.27. The summed E-state index contributed by atoms with van der Waals surface area (Å²) in [5.41, 5.74) is 1.90. The fraction of sp³-hybridized carbons (Fsp3) is 0.389. The van der Waals surface area contributed by atoms with Crippen LogP contribution in [0.25, 0.3) is 0 Å². The van der Waals surface area contributed by atoms with E-state index >= 15 is 0 Å². The van der Waals surface area contributed by atoms with Gasteiger partial charge >= 0.3 is 5.97 Å². The molecule has 0 spiro atoms. The van der Waals surface area contributed by atoms with Gasteiger partial charge in [-0.05, 0) is 30.0 Å². The monoisotopic (exact) mass is 345 g/mol. The third-order valence-electron chi connectivity index (χ3n) is 3.97. The van der Waals surface area contributed by atoms with Gasteiger partial charge in [0.1, 0.15) is 11.4 Å². The van der Waals surface area contributed by atoms with E-state index in [0.29, 0.717) is 5.75 Å². The highest BCUT2D eigenvalue weighted by Crippen LogP contribution is 2.21. The molecule has 134 valence electrons. The number of carboxylic acids is 1. The van der Waals surface area contributed by atoms with Gasteiger partial charge < -0.3 is 15.2 Å². The maximum Gasteiger partial charge on any atom is 0.308 e. The Balaban J connectivity index is 2.01. The van der Waals surface area contributed by atoms with E-state index in [1.165, 1.54) is 0 Å². The number of nitrogens with one attached hydrogen (secondary N) is 2. The fourth-order valence-corrected chi connectivity index (χ4v) is 2.44. The van der Waals surface area contributed by atoms with E-state index in [0.717, 1.165) is 11.3 Å². The molecular weight excluding hydrogens is 322 g/mol. The van der Waals surface area contributed by atoms with E-state index in [-0.39, 0.29) is 24.6 Å². The molecule has 0 aliphatic heterocycles.